The molecule has 0 aliphatic heterocycles. The van der Waals surface area contributed by atoms with Crippen molar-refractivity contribution < 1.29 is 18.3 Å². The van der Waals surface area contributed by atoms with Crippen molar-refractivity contribution in [1.82, 2.24) is 25.1 Å². The lowest BCUT2D eigenvalue weighted by atomic mass is 9.86. The van der Waals surface area contributed by atoms with E-state index in [1.165, 1.54) is 37.3 Å². The first-order valence-corrected chi connectivity index (χ1v) is 15.3. The lowest BCUT2D eigenvalue weighted by Gasteiger charge is -2.23. The van der Waals surface area contributed by atoms with Crippen LogP contribution in [0.25, 0.3) is 33.1 Å². The average molecular weight is 639 g/mol. The number of fused-ring (bicyclic) bond motifs is 2. The highest BCUT2D eigenvalue weighted by Gasteiger charge is 2.28. The van der Waals surface area contributed by atoms with E-state index in [0.717, 1.165) is 10.5 Å². The van der Waals surface area contributed by atoms with E-state index in [9.17, 15) is 14.0 Å². The fourth-order valence-electron chi connectivity index (χ4n) is 5.30. The summed E-state index contributed by atoms with van der Waals surface area (Å²) in [5.41, 5.74) is 8.01. The zero-order chi connectivity index (χ0) is 32.7. The standard InChI is InChI=1S/C34H31FN6O4S/c1-18(29-26(19-9-8-10-20(35)15-19)28(42)22-11-6-7-12-24(22)44-29)41-31-27(30(36)38-17-39-31)32(40-41)46-21-13-14-25(45-33(43)37-5)23(16-21)34(2,3)4/h6-18H,1-5H3,(H,37,43)(H2,36,38,39). The van der Waals surface area contributed by atoms with Gasteiger partial charge >= 0.3 is 6.09 Å². The number of rotatable bonds is 6. The fourth-order valence-corrected chi connectivity index (χ4v) is 6.26. The maximum Gasteiger partial charge on any atom is 0.412 e. The van der Waals surface area contributed by atoms with Crippen LogP contribution in [0.15, 0.2) is 92.2 Å². The topological polar surface area (TPSA) is 138 Å². The number of halogens is 1. The van der Waals surface area contributed by atoms with Crippen molar-refractivity contribution in [3.8, 4) is 16.9 Å². The molecule has 3 heterocycles. The van der Waals surface area contributed by atoms with Crippen molar-refractivity contribution in [1.29, 1.82) is 0 Å². The van der Waals surface area contributed by atoms with Gasteiger partial charge < -0.3 is 20.2 Å². The zero-order valence-electron chi connectivity index (χ0n) is 25.8. The van der Waals surface area contributed by atoms with Gasteiger partial charge in [0.2, 0.25) is 5.43 Å². The number of amides is 1. The van der Waals surface area contributed by atoms with Gasteiger partial charge in [-0.2, -0.15) is 5.10 Å². The van der Waals surface area contributed by atoms with Crippen LogP contribution < -0.4 is 21.2 Å². The number of anilines is 1. The minimum absolute atomic E-state index is 0.229. The predicted molar refractivity (Wildman–Crippen MR) is 176 cm³/mol. The molecule has 0 bridgehead atoms. The van der Waals surface area contributed by atoms with Crippen molar-refractivity contribution in [3.05, 3.63) is 100 Å². The van der Waals surface area contributed by atoms with E-state index in [1.54, 1.807) is 47.1 Å². The SMILES string of the molecule is CNC(=O)Oc1ccc(Sc2nn(C(C)c3oc4ccccc4c(=O)c3-c3cccc(F)c3)c3ncnc(N)c23)cc1C(C)(C)C. The molecule has 6 aromatic rings. The number of aromatic nitrogens is 4. The molecular weight excluding hydrogens is 607 g/mol. The lowest BCUT2D eigenvalue weighted by Crippen LogP contribution is -2.24. The van der Waals surface area contributed by atoms with E-state index in [-0.39, 0.29) is 28.0 Å². The first-order valence-electron chi connectivity index (χ1n) is 14.5. The van der Waals surface area contributed by atoms with Gasteiger partial charge in [0.15, 0.2) is 5.65 Å². The van der Waals surface area contributed by atoms with Gasteiger partial charge in [-0.05, 0) is 60.4 Å². The highest BCUT2D eigenvalue weighted by Crippen LogP contribution is 2.41. The summed E-state index contributed by atoms with van der Waals surface area (Å²) in [4.78, 5) is 35.4. The summed E-state index contributed by atoms with van der Waals surface area (Å²) in [6.07, 6.45) is 0.788. The third-order valence-corrected chi connectivity index (χ3v) is 8.52. The van der Waals surface area contributed by atoms with E-state index in [0.29, 0.717) is 38.3 Å². The molecule has 3 N–H and O–H groups in total. The highest BCUT2D eigenvalue weighted by molar-refractivity contribution is 7.99. The third-order valence-electron chi connectivity index (χ3n) is 7.55. The Kier molecular flexibility index (Phi) is 7.99. The summed E-state index contributed by atoms with van der Waals surface area (Å²) in [5, 5.41) is 8.83. The van der Waals surface area contributed by atoms with Crippen molar-refractivity contribution >= 4 is 45.7 Å². The Hall–Kier alpha value is -5.23. The molecule has 0 spiro atoms. The summed E-state index contributed by atoms with van der Waals surface area (Å²) >= 11 is 1.35. The van der Waals surface area contributed by atoms with Crippen molar-refractivity contribution in [3.63, 3.8) is 0 Å². The molecule has 0 radical (unpaired) electrons. The number of nitrogens with zero attached hydrogens (tertiary/aromatic N) is 4. The number of nitrogens with one attached hydrogen (secondary N) is 1. The van der Waals surface area contributed by atoms with Gasteiger partial charge in [0.05, 0.1) is 16.3 Å². The highest BCUT2D eigenvalue weighted by atomic mass is 32.2. The molecule has 0 saturated carbocycles. The number of ether oxygens (including phenoxy) is 1. The van der Waals surface area contributed by atoms with Crippen molar-refractivity contribution in [2.75, 3.05) is 12.8 Å². The van der Waals surface area contributed by atoms with E-state index in [4.69, 9.17) is 20.0 Å². The molecule has 12 heteroatoms. The molecular formula is C34H31FN6O4S. The summed E-state index contributed by atoms with van der Waals surface area (Å²) in [6.45, 7) is 7.91. The van der Waals surface area contributed by atoms with Crippen LogP contribution in [-0.4, -0.2) is 32.9 Å². The number of nitrogen functional groups attached to an aromatic ring is 1. The van der Waals surface area contributed by atoms with E-state index >= 15 is 0 Å². The van der Waals surface area contributed by atoms with Crippen LogP contribution in [0.4, 0.5) is 15.0 Å². The van der Waals surface area contributed by atoms with E-state index < -0.39 is 18.0 Å². The number of carbonyl (C=O) groups is 1. The largest absolute Gasteiger partial charge is 0.458 e. The maximum absolute atomic E-state index is 14.4. The molecule has 0 fully saturated rings. The molecule has 46 heavy (non-hydrogen) atoms. The van der Waals surface area contributed by atoms with Crippen molar-refractivity contribution in [2.45, 2.75) is 49.1 Å². The molecule has 6 rings (SSSR count). The summed E-state index contributed by atoms with van der Waals surface area (Å²) in [5.74, 6) is 0.484. The third kappa shape index (κ3) is 5.67. The van der Waals surface area contributed by atoms with Gasteiger partial charge in [0, 0.05) is 17.5 Å². The normalized spacial score (nSPS) is 12.4. The van der Waals surface area contributed by atoms with Gasteiger partial charge in [-0.25, -0.2) is 23.8 Å². The van der Waals surface area contributed by atoms with E-state index in [1.807, 2.05) is 39.8 Å². The monoisotopic (exact) mass is 638 g/mol. The number of hydrogen-bond donors (Lipinski definition) is 2. The smallest absolute Gasteiger partial charge is 0.412 e. The van der Waals surface area contributed by atoms with Gasteiger partial charge in [0.25, 0.3) is 0 Å². The predicted octanol–water partition coefficient (Wildman–Crippen LogP) is 7.10. The number of carbonyl (C=O) groups excluding carboxylic acids is 1. The van der Waals surface area contributed by atoms with Crippen LogP contribution in [-0.2, 0) is 5.41 Å². The van der Waals surface area contributed by atoms with E-state index in [2.05, 4.69) is 15.3 Å². The minimum Gasteiger partial charge on any atom is -0.458 e. The van der Waals surface area contributed by atoms with Gasteiger partial charge in [-0.1, -0.05) is 56.8 Å². The molecule has 234 valence electrons. The molecule has 1 amide bonds. The molecule has 0 saturated heterocycles. The molecule has 1 atom stereocenters. The van der Waals surface area contributed by atoms with Crippen LogP contribution in [0.2, 0.25) is 0 Å². The number of benzene rings is 3. The van der Waals surface area contributed by atoms with Crippen molar-refractivity contribution in [2.24, 2.45) is 0 Å². The summed E-state index contributed by atoms with van der Waals surface area (Å²) < 4.78 is 28.0. The Balaban J connectivity index is 1.51. The molecule has 0 aliphatic rings. The van der Waals surface area contributed by atoms with Crippen LogP contribution in [0, 0.1) is 5.82 Å². The Morgan fingerprint density at radius 1 is 1.09 bits per heavy atom. The second kappa shape index (κ2) is 11.9. The quantitative estimate of drug-likeness (QED) is 0.196. The first kappa shape index (κ1) is 30.8. The number of nitrogens with two attached hydrogens (primary N) is 1. The van der Waals surface area contributed by atoms with Crippen LogP contribution >= 0.6 is 11.8 Å². The number of hydrogen-bond acceptors (Lipinski definition) is 9. The van der Waals surface area contributed by atoms with Gasteiger partial charge in [-0.3, -0.25) is 4.79 Å². The number of para-hydroxylation sites is 1. The van der Waals surface area contributed by atoms with Crippen LogP contribution in [0.3, 0.4) is 0 Å². The Morgan fingerprint density at radius 2 is 1.87 bits per heavy atom. The second-order valence-electron chi connectivity index (χ2n) is 11.7. The summed E-state index contributed by atoms with van der Waals surface area (Å²) in [6, 6.07) is 17.6. The zero-order valence-corrected chi connectivity index (χ0v) is 26.6. The Morgan fingerprint density at radius 3 is 2.61 bits per heavy atom. The Labute approximate surface area is 267 Å². The molecule has 10 nitrogen and oxygen atoms in total. The van der Waals surface area contributed by atoms with Crippen LogP contribution in [0.1, 0.15) is 45.1 Å². The first-order chi connectivity index (χ1) is 22.0. The fraction of sp³-hybridized carbons (Fsp3) is 0.206. The molecule has 3 aromatic carbocycles. The minimum atomic E-state index is -0.671. The van der Waals surface area contributed by atoms with Gasteiger partial charge in [0.1, 0.15) is 46.1 Å². The molecule has 3 aromatic heterocycles. The lowest BCUT2D eigenvalue weighted by molar-refractivity contribution is 0.202. The molecule has 0 aliphatic carbocycles. The average Bonchev–Trinajstić information content (AvgIpc) is 3.40. The second-order valence-corrected chi connectivity index (χ2v) is 12.8. The molecule has 1 unspecified atom stereocenters. The van der Waals surface area contributed by atoms with Crippen LogP contribution in [0.5, 0.6) is 5.75 Å². The van der Waals surface area contributed by atoms with Gasteiger partial charge in [-0.15, -0.1) is 0 Å². The Bertz CT molecular complexity index is 2190. The summed E-state index contributed by atoms with van der Waals surface area (Å²) in [7, 11) is 1.50. The maximum atomic E-state index is 14.4.